The Hall–Kier alpha value is -2.63. The van der Waals surface area contributed by atoms with Crippen molar-refractivity contribution in [3.63, 3.8) is 0 Å². The van der Waals surface area contributed by atoms with Crippen LogP contribution in [-0.4, -0.2) is 28.2 Å². The summed E-state index contributed by atoms with van der Waals surface area (Å²) < 4.78 is 5.05. The van der Waals surface area contributed by atoms with E-state index in [9.17, 15) is 9.59 Å². The van der Waals surface area contributed by atoms with Gasteiger partial charge >= 0.3 is 5.97 Å². The van der Waals surface area contributed by atoms with Crippen molar-refractivity contribution in [1.82, 2.24) is 10.5 Å². The molecule has 2 N–H and O–H groups in total. The van der Waals surface area contributed by atoms with Crippen molar-refractivity contribution in [2.45, 2.75) is 18.9 Å². The smallest absolute Gasteiger partial charge is 0.306 e. The molecule has 1 fully saturated rings. The number of hydrogen-bond acceptors (Lipinski definition) is 4. The second-order valence-electron chi connectivity index (χ2n) is 5.12. The minimum Gasteiger partial charge on any atom is -0.481 e. The van der Waals surface area contributed by atoms with Crippen LogP contribution in [0.5, 0.6) is 0 Å². The van der Waals surface area contributed by atoms with Crippen LogP contribution in [-0.2, 0) is 4.79 Å². The predicted octanol–water partition coefficient (Wildman–Crippen LogP) is 1.93. The summed E-state index contributed by atoms with van der Waals surface area (Å²) >= 11 is 0. The normalized spacial score (nSPS) is 20.6. The molecular formula is C15H14N2O4. The minimum atomic E-state index is -0.813. The molecular weight excluding hydrogens is 272 g/mol. The van der Waals surface area contributed by atoms with E-state index in [0.29, 0.717) is 18.5 Å². The molecule has 1 aromatic carbocycles. The average Bonchev–Trinajstić information content (AvgIpc) is 2.92. The average molecular weight is 286 g/mol. The molecule has 1 aliphatic rings. The maximum Gasteiger partial charge on any atom is 0.306 e. The number of benzene rings is 1. The van der Waals surface area contributed by atoms with Gasteiger partial charge in [0.05, 0.1) is 5.92 Å². The van der Waals surface area contributed by atoms with Gasteiger partial charge in [0.15, 0.2) is 0 Å². The number of carboxylic acid groups (broad SMARTS) is 1. The van der Waals surface area contributed by atoms with Gasteiger partial charge < -0.3 is 14.9 Å². The molecule has 108 valence electrons. The van der Waals surface area contributed by atoms with Crippen LogP contribution in [0.2, 0.25) is 0 Å². The molecule has 3 rings (SSSR count). The number of rotatable bonds is 4. The lowest BCUT2D eigenvalue weighted by molar-refractivity contribution is -0.145. The summed E-state index contributed by atoms with van der Waals surface area (Å²) in [5.41, 5.74) is 1.47. The Balaban J connectivity index is 1.62. The molecule has 0 radical (unpaired) electrons. The third kappa shape index (κ3) is 2.79. The van der Waals surface area contributed by atoms with Crippen molar-refractivity contribution < 1.29 is 19.2 Å². The first-order valence-corrected chi connectivity index (χ1v) is 6.69. The van der Waals surface area contributed by atoms with Gasteiger partial charge in [-0.1, -0.05) is 35.5 Å². The fourth-order valence-electron chi connectivity index (χ4n) is 2.32. The van der Waals surface area contributed by atoms with Crippen molar-refractivity contribution in [2.75, 3.05) is 0 Å². The summed E-state index contributed by atoms with van der Waals surface area (Å²) in [6, 6.07) is 10.9. The first kappa shape index (κ1) is 13.4. The van der Waals surface area contributed by atoms with Gasteiger partial charge in [-0.25, -0.2) is 0 Å². The third-order valence-corrected chi connectivity index (χ3v) is 3.63. The number of amides is 1. The molecule has 21 heavy (non-hydrogen) atoms. The Labute approximate surface area is 120 Å². The molecule has 6 nitrogen and oxygen atoms in total. The lowest BCUT2D eigenvalue weighted by Gasteiger charge is -2.32. The number of carbonyl (C=O) groups excluding carboxylic acids is 1. The van der Waals surface area contributed by atoms with E-state index in [2.05, 4.69) is 10.5 Å². The second-order valence-corrected chi connectivity index (χ2v) is 5.12. The fourth-order valence-corrected chi connectivity index (χ4v) is 2.32. The highest BCUT2D eigenvalue weighted by Crippen LogP contribution is 2.28. The third-order valence-electron chi connectivity index (χ3n) is 3.63. The van der Waals surface area contributed by atoms with Crippen molar-refractivity contribution in [3.8, 4) is 11.3 Å². The van der Waals surface area contributed by atoms with E-state index in [0.717, 1.165) is 5.56 Å². The summed E-state index contributed by atoms with van der Waals surface area (Å²) in [4.78, 5) is 22.7. The van der Waals surface area contributed by atoms with Crippen LogP contribution in [0.15, 0.2) is 40.9 Å². The van der Waals surface area contributed by atoms with Gasteiger partial charge in [0, 0.05) is 17.7 Å². The molecule has 0 atom stereocenters. The molecule has 0 aliphatic heterocycles. The summed E-state index contributed by atoms with van der Waals surface area (Å²) in [5, 5.41) is 15.4. The van der Waals surface area contributed by atoms with Crippen molar-refractivity contribution in [3.05, 3.63) is 42.2 Å². The lowest BCUT2D eigenvalue weighted by Crippen LogP contribution is -2.46. The summed E-state index contributed by atoms with van der Waals surface area (Å²) in [5.74, 6) is -1.40. The fraction of sp³-hybridized carbons (Fsp3) is 0.267. The summed E-state index contributed by atoms with van der Waals surface area (Å²) in [6.07, 6.45) is 0.918. The second kappa shape index (κ2) is 5.40. The van der Waals surface area contributed by atoms with Gasteiger partial charge in [-0.3, -0.25) is 9.59 Å². The Morgan fingerprint density at radius 2 is 1.95 bits per heavy atom. The zero-order valence-electron chi connectivity index (χ0n) is 11.2. The van der Waals surface area contributed by atoms with Gasteiger partial charge in [-0.05, 0) is 12.8 Å². The van der Waals surface area contributed by atoms with Gasteiger partial charge in [0.1, 0.15) is 5.69 Å². The molecule has 1 heterocycles. The molecule has 0 bridgehead atoms. The van der Waals surface area contributed by atoms with Crippen molar-refractivity contribution >= 4 is 11.9 Å². The number of carboxylic acids is 1. The van der Waals surface area contributed by atoms with E-state index in [1.807, 2.05) is 30.3 Å². The molecule has 1 saturated carbocycles. The predicted molar refractivity (Wildman–Crippen MR) is 73.6 cm³/mol. The van der Waals surface area contributed by atoms with Crippen molar-refractivity contribution in [1.29, 1.82) is 0 Å². The molecule has 0 unspecified atom stereocenters. The summed E-state index contributed by atoms with van der Waals surface area (Å²) in [6.45, 7) is 0. The number of nitrogens with one attached hydrogen (secondary N) is 1. The van der Waals surface area contributed by atoms with Crippen LogP contribution >= 0.6 is 0 Å². The summed E-state index contributed by atoms with van der Waals surface area (Å²) in [7, 11) is 0. The molecule has 6 heteroatoms. The quantitative estimate of drug-likeness (QED) is 0.896. The van der Waals surface area contributed by atoms with Crippen molar-refractivity contribution in [2.24, 2.45) is 5.92 Å². The maximum atomic E-state index is 12.0. The lowest BCUT2D eigenvalue weighted by atomic mass is 9.80. The highest BCUT2D eigenvalue weighted by atomic mass is 16.5. The van der Waals surface area contributed by atoms with Gasteiger partial charge in [0.25, 0.3) is 5.91 Å². The van der Waals surface area contributed by atoms with Gasteiger partial charge in [0.2, 0.25) is 5.76 Å². The Morgan fingerprint density at radius 3 is 2.62 bits per heavy atom. The Bertz CT molecular complexity index is 659. The highest BCUT2D eigenvalue weighted by molar-refractivity contribution is 5.92. The first-order chi connectivity index (χ1) is 10.1. The van der Waals surface area contributed by atoms with Crippen LogP contribution < -0.4 is 5.32 Å². The number of carbonyl (C=O) groups is 2. The first-order valence-electron chi connectivity index (χ1n) is 6.69. The highest BCUT2D eigenvalue weighted by Gasteiger charge is 2.35. The monoisotopic (exact) mass is 286 g/mol. The van der Waals surface area contributed by atoms with Crippen LogP contribution in [0.1, 0.15) is 23.4 Å². The zero-order valence-corrected chi connectivity index (χ0v) is 11.2. The van der Waals surface area contributed by atoms with E-state index >= 15 is 0 Å². The number of aliphatic carboxylic acids is 1. The molecule has 2 aromatic rings. The number of hydrogen-bond donors (Lipinski definition) is 2. The minimum absolute atomic E-state index is 0.108. The van der Waals surface area contributed by atoms with E-state index in [-0.39, 0.29) is 23.6 Å². The molecule has 1 aliphatic carbocycles. The Morgan fingerprint density at radius 1 is 1.24 bits per heavy atom. The van der Waals surface area contributed by atoms with Crippen LogP contribution in [0, 0.1) is 5.92 Å². The molecule has 1 aromatic heterocycles. The van der Waals surface area contributed by atoms with Gasteiger partial charge in [-0.15, -0.1) is 0 Å². The Kier molecular flexibility index (Phi) is 3.43. The topological polar surface area (TPSA) is 92.4 Å². The van der Waals surface area contributed by atoms with E-state index < -0.39 is 5.97 Å². The van der Waals surface area contributed by atoms with Crippen LogP contribution in [0.25, 0.3) is 11.3 Å². The number of nitrogens with zero attached hydrogens (tertiary/aromatic N) is 1. The largest absolute Gasteiger partial charge is 0.481 e. The van der Waals surface area contributed by atoms with E-state index in [4.69, 9.17) is 9.63 Å². The molecule has 1 amide bonds. The van der Waals surface area contributed by atoms with Crippen LogP contribution in [0.4, 0.5) is 0 Å². The van der Waals surface area contributed by atoms with Crippen LogP contribution in [0.3, 0.4) is 0 Å². The standard InChI is InChI=1S/C15H14N2O4/c18-14(16-11-6-10(7-11)15(19)20)13-8-12(17-21-13)9-4-2-1-3-5-9/h1-5,8,10-11H,6-7H2,(H,16,18)(H,19,20)/t10-,11-. The maximum absolute atomic E-state index is 12.0. The van der Waals surface area contributed by atoms with E-state index in [1.54, 1.807) is 6.07 Å². The molecule has 0 saturated heterocycles. The SMILES string of the molecule is O=C(N[C@H]1C[C@H](C(=O)O)C1)c1cc(-c2ccccc2)no1. The zero-order chi connectivity index (χ0) is 14.8. The van der Waals surface area contributed by atoms with Gasteiger partial charge in [-0.2, -0.15) is 0 Å². The number of aromatic nitrogens is 1. The van der Waals surface area contributed by atoms with E-state index in [1.165, 1.54) is 0 Å². The molecule has 0 spiro atoms.